The van der Waals surface area contributed by atoms with Crippen LogP contribution < -0.4 is 11.5 Å². The minimum atomic E-state index is -1.11. The highest BCUT2D eigenvalue weighted by atomic mass is 16.4. The monoisotopic (exact) mass is 160 g/mol. The zero-order valence-corrected chi connectivity index (χ0v) is 6.28. The van der Waals surface area contributed by atoms with Gasteiger partial charge in [0.05, 0.1) is 0 Å². The van der Waals surface area contributed by atoms with E-state index in [4.69, 9.17) is 16.6 Å². The van der Waals surface area contributed by atoms with Gasteiger partial charge >= 0.3 is 5.97 Å². The second kappa shape index (κ2) is 3.92. The molecule has 5 heteroatoms. The SMILES string of the molecule is CC(CC(N)=O)[C@H](N)C(=O)O. The van der Waals surface area contributed by atoms with Gasteiger partial charge in [0.15, 0.2) is 0 Å². The first kappa shape index (κ1) is 9.90. The number of carboxylic acids is 1. The molecule has 0 radical (unpaired) electrons. The molecule has 5 N–H and O–H groups in total. The van der Waals surface area contributed by atoms with Crippen LogP contribution in [0.3, 0.4) is 0 Å². The van der Waals surface area contributed by atoms with Crippen molar-refractivity contribution < 1.29 is 14.7 Å². The van der Waals surface area contributed by atoms with Gasteiger partial charge in [-0.05, 0) is 5.92 Å². The molecule has 5 nitrogen and oxygen atoms in total. The lowest BCUT2D eigenvalue weighted by atomic mass is 9.99. The van der Waals surface area contributed by atoms with Crippen LogP contribution in [-0.4, -0.2) is 23.0 Å². The average molecular weight is 160 g/mol. The van der Waals surface area contributed by atoms with Gasteiger partial charge in [0.1, 0.15) is 6.04 Å². The molecule has 0 spiro atoms. The van der Waals surface area contributed by atoms with Crippen LogP contribution in [0.1, 0.15) is 13.3 Å². The largest absolute Gasteiger partial charge is 0.480 e. The molecule has 0 aliphatic carbocycles. The number of hydrogen-bond donors (Lipinski definition) is 3. The molecule has 0 aromatic rings. The zero-order valence-electron chi connectivity index (χ0n) is 6.28. The van der Waals surface area contributed by atoms with Gasteiger partial charge in [-0.1, -0.05) is 6.92 Å². The number of rotatable bonds is 4. The molecule has 1 amide bonds. The first-order chi connectivity index (χ1) is 4.95. The molecule has 1 unspecified atom stereocenters. The van der Waals surface area contributed by atoms with Gasteiger partial charge in [-0.25, -0.2) is 0 Å². The highest BCUT2D eigenvalue weighted by Gasteiger charge is 2.20. The zero-order chi connectivity index (χ0) is 9.02. The van der Waals surface area contributed by atoms with Crippen molar-refractivity contribution in [3.05, 3.63) is 0 Å². The second-order valence-corrected chi connectivity index (χ2v) is 2.51. The minimum Gasteiger partial charge on any atom is -0.480 e. The Labute approximate surface area is 64.4 Å². The van der Waals surface area contributed by atoms with Gasteiger partial charge < -0.3 is 16.6 Å². The fourth-order valence-corrected chi connectivity index (χ4v) is 0.688. The van der Waals surface area contributed by atoms with E-state index >= 15 is 0 Å². The van der Waals surface area contributed by atoms with E-state index in [9.17, 15) is 9.59 Å². The van der Waals surface area contributed by atoms with Crippen molar-refractivity contribution in [2.45, 2.75) is 19.4 Å². The van der Waals surface area contributed by atoms with Gasteiger partial charge in [0.25, 0.3) is 0 Å². The van der Waals surface area contributed by atoms with Gasteiger partial charge in [-0.3, -0.25) is 9.59 Å². The summed E-state index contributed by atoms with van der Waals surface area (Å²) in [5.74, 6) is -2.06. The number of carbonyl (C=O) groups excluding carboxylic acids is 1. The Kier molecular flexibility index (Phi) is 3.53. The molecule has 0 aromatic carbocycles. The number of hydrogen-bond acceptors (Lipinski definition) is 3. The number of primary amides is 1. The third-order valence-electron chi connectivity index (χ3n) is 1.42. The van der Waals surface area contributed by atoms with Crippen molar-refractivity contribution >= 4 is 11.9 Å². The molecule has 0 rings (SSSR count). The minimum absolute atomic E-state index is 0.00741. The maximum absolute atomic E-state index is 10.3. The lowest BCUT2D eigenvalue weighted by Gasteiger charge is -2.12. The Balaban J connectivity index is 3.92. The van der Waals surface area contributed by atoms with E-state index in [1.54, 1.807) is 6.92 Å². The van der Waals surface area contributed by atoms with Crippen LogP contribution in [0.25, 0.3) is 0 Å². The molecule has 0 aromatic heterocycles. The molecule has 0 saturated carbocycles. The molecule has 0 aliphatic rings. The smallest absolute Gasteiger partial charge is 0.320 e. The lowest BCUT2D eigenvalue weighted by Crippen LogP contribution is -2.38. The number of carboxylic acid groups (broad SMARTS) is 1. The third-order valence-corrected chi connectivity index (χ3v) is 1.42. The number of nitrogens with two attached hydrogens (primary N) is 2. The molecule has 0 aliphatic heterocycles. The summed E-state index contributed by atoms with van der Waals surface area (Å²) in [6.07, 6.45) is 0.00741. The summed E-state index contributed by atoms with van der Waals surface area (Å²) < 4.78 is 0. The van der Waals surface area contributed by atoms with E-state index in [1.807, 2.05) is 0 Å². The maximum atomic E-state index is 10.3. The van der Waals surface area contributed by atoms with Crippen LogP contribution in [0.15, 0.2) is 0 Å². The fraction of sp³-hybridized carbons (Fsp3) is 0.667. The molecule has 0 heterocycles. The Hall–Kier alpha value is -1.10. The van der Waals surface area contributed by atoms with Gasteiger partial charge in [-0.2, -0.15) is 0 Å². The maximum Gasteiger partial charge on any atom is 0.320 e. The van der Waals surface area contributed by atoms with Crippen molar-refractivity contribution in [3.8, 4) is 0 Å². The molecule has 0 saturated heterocycles. The van der Waals surface area contributed by atoms with Crippen molar-refractivity contribution in [2.24, 2.45) is 17.4 Å². The van der Waals surface area contributed by atoms with Gasteiger partial charge in [-0.15, -0.1) is 0 Å². The first-order valence-electron chi connectivity index (χ1n) is 3.22. The topological polar surface area (TPSA) is 106 Å². The molecule has 64 valence electrons. The highest BCUT2D eigenvalue weighted by molar-refractivity contribution is 5.77. The Morgan fingerprint density at radius 3 is 2.27 bits per heavy atom. The van der Waals surface area contributed by atoms with Crippen LogP contribution in [0.4, 0.5) is 0 Å². The van der Waals surface area contributed by atoms with Crippen molar-refractivity contribution in [1.82, 2.24) is 0 Å². The molecule has 11 heavy (non-hydrogen) atoms. The van der Waals surface area contributed by atoms with Crippen molar-refractivity contribution in [1.29, 1.82) is 0 Å². The van der Waals surface area contributed by atoms with Crippen LogP contribution in [0.2, 0.25) is 0 Å². The summed E-state index contributed by atoms with van der Waals surface area (Å²) in [5, 5.41) is 8.39. The molecule has 2 atom stereocenters. The third kappa shape index (κ3) is 3.57. The second-order valence-electron chi connectivity index (χ2n) is 2.51. The summed E-state index contributed by atoms with van der Waals surface area (Å²) in [6, 6.07) is -1.01. The fourth-order valence-electron chi connectivity index (χ4n) is 0.688. The molecule has 0 bridgehead atoms. The summed E-state index contributed by atoms with van der Waals surface area (Å²) in [7, 11) is 0. The number of amides is 1. The van der Waals surface area contributed by atoms with E-state index < -0.39 is 23.8 Å². The van der Waals surface area contributed by atoms with E-state index in [2.05, 4.69) is 0 Å². The van der Waals surface area contributed by atoms with Gasteiger partial charge in [0.2, 0.25) is 5.91 Å². The highest BCUT2D eigenvalue weighted by Crippen LogP contribution is 2.04. The van der Waals surface area contributed by atoms with E-state index in [1.165, 1.54) is 0 Å². The van der Waals surface area contributed by atoms with E-state index in [-0.39, 0.29) is 6.42 Å². The number of carbonyl (C=O) groups is 2. The predicted molar refractivity (Wildman–Crippen MR) is 38.6 cm³/mol. The van der Waals surface area contributed by atoms with Crippen LogP contribution in [0.5, 0.6) is 0 Å². The molecular formula is C6H12N2O3. The van der Waals surface area contributed by atoms with Gasteiger partial charge in [0, 0.05) is 6.42 Å². The molecular weight excluding hydrogens is 148 g/mol. The van der Waals surface area contributed by atoms with E-state index in [0.29, 0.717) is 0 Å². The molecule has 0 fully saturated rings. The summed E-state index contributed by atoms with van der Waals surface area (Å²) in [4.78, 5) is 20.6. The Morgan fingerprint density at radius 2 is 2.00 bits per heavy atom. The summed E-state index contributed by atoms with van der Waals surface area (Å²) in [6.45, 7) is 1.57. The van der Waals surface area contributed by atoms with Crippen molar-refractivity contribution in [3.63, 3.8) is 0 Å². The summed E-state index contributed by atoms with van der Waals surface area (Å²) in [5.41, 5.74) is 10.0. The summed E-state index contributed by atoms with van der Waals surface area (Å²) >= 11 is 0. The lowest BCUT2D eigenvalue weighted by molar-refractivity contribution is -0.139. The average Bonchev–Trinajstić information content (AvgIpc) is 1.84. The Bertz CT molecular complexity index is 169. The van der Waals surface area contributed by atoms with Crippen LogP contribution >= 0.6 is 0 Å². The van der Waals surface area contributed by atoms with Crippen LogP contribution in [0, 0.1) is 5.92 Å². The first-order valence-corrected chi connectivity index (χ1v) is 3.22. The normalized spacial score (nSPS) is 15.5. The van der Waals surface area contributed by atoms with Crippen molar-refractivity contribution in [2.75, 3.05) is 0 Å². The van der Waals surface area contributed by atoms with E-state index in [0.717, 1.165) is 0 Å². The predicted octanol–water partition coefficient (Wildman–Crippen LogP) is -1.09. The number of aliphatic carboxylic acids is 1. The standard InChI is InChI=1S/C6H12N2O3/c1-3(2-4(7)9)5(8)6(10)11/h3,5H,2,8H2,1H3,(H2,7,9)(H,10,11)/t3?,5-/m0/s1. The quantitative estimate of drug-likeness (QED) is 0.485. The van der Waals surface area contributed by atoms with Crippen LogP contribution in [-0.2, 0) is 9.59 Å². The Morgan fingerprint density at radius 1 is 1.55 bits per heavy atom.